The summed E-state index contributed by atoms with van der Waals surface area (Å²) < 4.78 is 40.2. The minimum atomic E-state index is -3.41. The third-order valence-corrected chi connectivity index (χ3v) is 6.54. The lowest BCUT2D eigenvalue weighted by Crippen LogP contribution is -2.09. The molecule has 1 aliphatic carbocycles. The summed E-state index contributed by atoms with van der Waals surface area (Å²) in [6.45, 7) is 0. The van der Waals surface area contributed by atoms with E-state index in [1.54, 1.807) is 36.4 Å². The van der Waals surface area contributed by atoms with Crippen LogP contribution in [-0.2, 0) is 9.84 Å². The average Bonchev–Trinajstić information content (AvgIpc) is 3.46. The number of aromatic nitrogens is 2. The van der Waals surface area contributed by atoms with Gasteiger partial charge in [0.2, 0.25) is 0 Å². The van der Waals surface area contributed by atoms with E-state index in [4.69, 9.17) is 5.73 Å². The summed E-state index contributed by atoms with van der Waals surface area (Å²) >= 11 is 0. The molecule has 1 saturated carbocycles. The number of anilines is 1. The average molecular weight is 383 g/mol. The molecule has 5 nitrogen and oxygen atoms in total. The number of benzene rings is 2. The van der Waals surface area contributed by atoms with Crippen LogP contribution < -0.4 is 5.73 Å². The molecule has 0 spiro atoms. The fourth-order valence-corrected chi connectivity index (χ4v) is 4.97. The highest BCUT2D eigenvalue weighted by atomic mass is 32.2. The lowest BCUT2D eigenvalue weighted by atomic mass is 10.0. The van der Waals surface area contributed by atoms with Gasteiger partial charge in [-0.15, -0.1) is 0 Å². The Labute approximate surface area is 157 Å². The number of nitrogens with zero attached hydrogens (tertiary/aromatic N) is 2. The predicted molar refractivity (Wildman–Crippen MR) is 102 cm³/mol. The molecule has 0 aliphatic heterocycles. The quantitative estimate of drug-likeness (QED) is 0.726. The van der Waals surface area contributed by atoms with Crippen LogP contribution in [0.2, 0.25) is 0 Å². The third kappa shape index (κ3) is 3.68. The fraction of sp³-hybridized carbons (Fsp3) is 0.200. The van der Waals surface area contributed by atoms with Crippen LogP contribution in [0, 0.1) is 11.7 Å². The van der Waals surface area contributed by atoms with E-state index in [0.29, 0.717) is 16.8 Å². The lowest BCUT2D eigenvalue weighted by Gasteiger charge is -2.12. The number of nitrogens with two attached hydrogens (primary N) is 1. The molecule has 0 unspecified atom stereocenters. The van der Waals surface area contributed by atoms with E-state index in [-0.39, 0.29) is 27.9 Å². The molecule has 138 valence electrons. The molecule has 1 fully saturated rings. The zero-order valence-electron chi connectivity index (χ0n) is 14.5. The second-order valence-electron chi connectivity index (χ2n) is 6.74. The van der Waals surface area contributed by atoms with E-state index < -0.39 is 15.7 Å². The maximum Gasteiger partial charge on any atom is 0.179 e. The van der Waals surface area contributed by atoms with Gasteiger partial charge in [-0.3, -0.25) is 4.98 Å². The van der Waals surface area contributed by atoms with Crippen molar-refractivity contribution in [3.8, 4) is 22.4 Å². The zero-order valence-corrected chi connectivity index (χ0v) is 15.3. The van der Waals surface area contributed by atoms with Crippen LogP contribution >= 0.6 is 0 Å². The van der Waals surface area contributed by atoms with Crippen molar-refractivity contribution in [1.29, 1.82) is 0 Å². The van der Waals surface area contributed by atoms with E-state index in [1.165, 1.54) is 18.5 Å². The fourth-order valence-electron chi connectivity index (χ4n) is 3.03. The molecule has 0 amide bonds. The first-order valence-electron chi connectivity index (χ1n) is 8.63. The first kappa shape index (κ1) is 17.6. The summed E-state index contributed by atoms with van der Waals surface area (Å²) in [4.78, 5) is 8.26. The molecule has 0 atom stereocenters. The molecule has 0 bridgehead atoms. The van der Waals surface area contributed by atoms with Crippen molar-refractivity contribution in [3.63, 3.8) is 0 Å². The lowest BCUT2D eigenvalue weighted by molar-refractivity contribution is 0.592. The Balaban J connectivity index is 1.74. The van der Waals surface area contributed by atoms with Gasteiger partial charge in [0.1, 0.15) is 11.6 Å². The second kappa shape index (κ2) is 6.74. The van der Waals surface area contributed by atoms with Crippen molar-refractivity contribution in [1.82, 2.24) is 9.97 Å². The number of sulfone groups is 1. The number of rotatable bonds is 5. The smallest absolute Gasteiger partial charge is 0.179 e. The highest BCUT2D eigenvalue weighted by molar-refractivity contribution is 7.91. The summed E-state index contributed by atoms with van der Waals surface area (Å²) in [6, 6.07) is 11.3. The second-order valence-corrected chi connectivity index (χ2v) is 8.74. The van der Waals surface area contributed by atoms with E-state index in [0.717, 1.165) is 12.8 Å². The number of hydrogen-bond donors (Lipinski definition) is 1. The monoisotopic (exact) mass is 383 g/mol. The van der Waals surface area contributed by atoms with E-state index in [1.807, 2.05) is 0 Å². The van der Waals surface area contributed by atoms with Gasteiger partial charge in [-0.25, -0.2) is 17.8 Å². The first-order valence-corrected chi connectivity index (χ1v) is 10.3. The molecule has 7 heteroatoms. The zero-order chi connectivity index (χ0) is 19.0. The third-order valence-electron chi connectivity index (χ3n) is 4.60. The highest BCUT2D eigenvalue weighted by Crippen LogP contribution is 2.36. The van der Waals surface area contributed by atoms with Crippen molar-refractivity contribution in [3.05, 3.63) is 60.7 Å². The van der Waals surface area contributed by atoms with Crippen molar-refractivity contribution < 1.29 is 12.8 Å². The number of nitrogen functional groups attached to an aromatic ring is 1. The van der Waals surface area contributed by atoms with Gasteiger partial charge in [0.05, 0.1) is 28.7 Å². The first-order chi connectivity index (χ1) is 12.9. The van der Waals surface area contributed by atoms with Gasteiger partial charge in [-0.05, 0) is 42.5 Å². The Morgan fingerprint density at radius 2 is 1.81 bits per heavy atom. The van der Waals surface area contributed by atoms with E-state index in [2.05, 4.69) is 9.97 Å². The van der Waals surface area contributed by atoms with Crippen LogP contribution in [0.5, 0.6) is 0 Å². The molecular formula is C20H18FN3O2S. The van der Waals surface area contributed by atoms with Crippen molar-refractivity contribution in [2.45, 2.75) is 17.7 Å². The molecule has 1 heterocycles. The van der Waals surface area contributed by atoms with Crippen LogP contribution in [0.25, 0.3) is 22.4 Å². The predicted octanol–water partition coefficient (Wildman–Crippen LogP) is 3.72. The maximum absolute atomic E-state index is 14.7. The molecular weight excluding hydrogens is 365 g/mol. The summed E-state index contributed by atoms with van der Waals surface area (Å²) in [5, 5.41) is 0. The van der Waals surface area contributed by atoms with Crippen LogP contribution in [0.1, 0.15) is 12.8 Å². The molecule has 2 N–H and O–H groups in total. The van der Waals surface area contributed by atoms with Crippen molar-refractivity contribution in [2.75, 3.05) is 11.5 Å². The van der Waals surface area contributed by atoms with Gasteiger partial charge in [0, 0.05) is 11.1 Å². The summed E-state index contributed by atoms with van der Waals surface area (Å²) in [5.41, 5.74) is 7.18. The van der Waals surface area contributed by atoms with Gasteiger partial charge < -0.3 is 5.73 Å². The normalized spacial score (nSPS) is 14.3. The maximum atomic E-state index is 14.7. The van der Waals surface area contributed by atoms with Crippen LogP contribution in [0.15, 0.2) is 59.8 Å². The van der Waals surface area contributed by atoms with Gasteiger partial charge in [0.15, 0.2) is 9.84 Å². The Morgan fingerprint density at radius 3 is 2.48 bits per heavy atom. The molecule has 0 saturated heterocycles. The molecule has 0 radical (unpaired) electrons. The standard InChI is InChI=1S/C20H18FN3O2S/c21-17-9-14(7-8-16(17)18-10-24-20(22)11-23-18)15-3-1-2-4-19(15)27(25,26)12-13-5-6-13/h1-4,7-11,13H,5-6,12H2,(H2,22,24). The molecule has 1 aliphatic rings. The Bertz CT molecular complexity index is 1090. The van der Waals surface area contributed by atoms with Gasteiger partial charge in [-0.2, -0.15) is 0 Å². The van der Waals surface area contributed by atoms with E-state index >= 15 is 0 Å². The number of hydrogen-bond acceptors (Lipinski definition) is 5. The van der Waals surface area contributed by atoms with Crippen molar-refractivity contribution in [2.24, 2.45) is 5.92 Å². The highest BCUT2D eigenvalue weighted by Gasteiger charge is 2.30. The SMILES string of the molecule is Nc1cnc(-c2ccc(-c3ccccc3S(=O)(=O)CC3CC3)cc2F)cn1. The minimum Gasteiger partial charge on any atom is -0.382 e. The Hall–Kier alpha value is -2.80. The van der Waals surface area contributed by atoms with Crippen LogP contribution in [0.4, 0.5) is 10.2 Å². The summed E-state index contributed by atoms with van der Waals surface area (Å²) in [6.07, 6.45) is 4.67. The van der Waals surface area contributed by atoms with Crippen LogP contribution in [0.3, 0.4) is 0 Å². The van der Waals surface area contributed by atoms with Gasteiger partial charge in [-0.1, -0.05) is 24.3 Å². The molecule has 4 rings (SSSR count). The molecule has 3 aromatic rings. The van der Waals surface area contributed by atoms with Gasteiger partial charge in [0.25, 0.3) is 0 Å². The van der Waals surface area contributed by atoms with Crippen molar-refractivity contribution >= 4 is 15.7 Å². The molecule has 2 aromatic carbocycles. The minimum absolute atomic E-state index is 0.144. The molecule has 1 aromatic heterocycles. The van der Waals surface area contributed by atoms with Gasteiger partial charge >= 0.3 is 0 Å². The summed E-state index contributed by atoms with van der Waals surface area (Å²) in [5.74, 6) is 0.142. The largest absolute Gasteiger partial charge is 0.382 e. The number of halogens is 1. The topological polar surface area (TPSA) is 85.9 Å². The van der Waals surface area contributed by atoms with E-state index in [9.17, 15) is 12.8 Å². The Kier molecular flexibility index (Phi) is 4.39. The summed E-state index contributed by atoms with van der Waals surface area (Å²) in [7, 11) is -3.41. The molecule has 27 heavy (non-hydrogen) atoms. The Morgan fingerprint density at radius 1 is 1.04 bits per heavy atom. The van der Waals surface area contributed by atoms with Crippen LogP contribution in [-0.4, -0.2) is 24.1 Å².